The molecule has 1 rings (SSSR count). The number of thiocarbonyl (C=S) groups is 1. The van der Waals surface area contributed by atoms with Gasteiger partial charge in [-0.1, -0.05) is 0 Å². The third-order valence-electron chi connectivity index (χ3n) is 2.60. The first-order valence-electron chi connectivity index (χ1n) is 5.62. The van der Waals surface area contributed by atoms with Crippen LogP contribution in [0, 0.1) is 0 Å². The summed E-state index contributed by atoms with van der Waals surface area (Å²) in [5, 5.41) is 5.17. The van der Waals surface area contributed by atoms with Gasteiger partial charge in [0.25, 0.3) is 0 Å². The number of alkyl halides is 3. The van der Waals surface area contributed by atoms with Gasteiger partial charge in [-0.2, -0.15) is 13.2 Å². The molecule has 0 aromatic carbocycles. The summed E-state index contributed by atoms with van der Waals surface area (Å²) in [7, 11) is 0. The summed E-state index contributed by atoms with van der Waals surface area (Å²) in [5.41, 5.74) is -1.78. The van der Waals surface area contributed by atoms with Crippen molar-refractivity contribution in [2.75, 3.05) is 19.8 Å². The van der Waals surface area contributed by atoms with Crippen molar-refractivity contribution in [2.24, 2.45) is 0 Å². The lowest BCUT2D eigenvalue weighted by molar-refractivity contribution is -0.161. The van der Waals surface area contributed by atoms with E-state index in [1.54, 1.807) is 0 Å². The number of halogens is 3. The minimum absolute atomic E-state index is 0.0660. The molecule has 0 unspecified atom stereocenters. The molecule has 0 aromatic rings. The summed E-state index contributed by atoms with van der Waals surface area (Å²) in [4.78, 5) is 0. The Labute approximate surface area is 104 Å². The summed E-state index contributed by atoms with van der Waals surface area (Å²) in [6.07, 6.45) is -3.33. The van der Waals surface area contributed by atoms with Crippen LogP contribution in [0.1, 0.15) is 26.2 Å². The Morgan fingerprint density at radius 1 is 1.41 bits per heavy atom. The summed E-state index contributed by atoms with van der Waals surface area (Å²) in [5.74, 6) is 0. The van der Waals surface area contributed by atoms with Crippen molar-refractivity contribution in [3.8, 4) is 0 Å². The van der Waals surface area contributed by atoms with E-state index in [0.29, 0.717) is 26.2 Å². The number of rotatable bonds is 6. The van der Waals surface area contributed by atoms with Gasteiger partial charge in [-0.3, -0.25) is 0 Å². The average molecular weight is 270 g/mol. The van der Waals surface area contributed by atoms with E-state index < -0.39 is 11.7 Å². The molecular weight excluding hydrogens is 253 g/mol. The Balaban J connectivity index is 2.18. The summed E-state index contributed by atoms with van der Waals surface area (Å²) in [6.45, 7) is 3.62. The monoisotopic (exact) mass is 270 g/mol. The molecule has 3 nitrogen and oxygen atoms in total. The van der Waals surface area contributed by atoms with E-state index in [1.807, 2.05) is 6.92 Å². The third kappa shape index (κ3) is 4.31. The van der Waals surface area contributed by atoms with E-state index in [1.165, 1.54) is 0 Å². The molecule has 17 heavy (non-hydrogen) atoms. The standard InChI is InChI=1S/C10H17F3N2OS/c1-2-16-7-3-6-14-8(17)15-9(4-5-9)10(11,12)13/h2-7H2,1H3,(H2,14,15,17). The molecule has 0 radical (unpaired) electrons. The first-order valence-corrected chi connectivity index (χ1v) is 6.02. The maximum absolute atomic E-state index is 12.6. The van der Waals surface area contributed by atoms with Crippen LogP contribution < -0.4 is 10.6 Å². The van der Waals surface area contributed by atoms with E-state index >= 15 is 0 Å². The van der Waals surface area contributed by atoms with Gasteiger partial charge in [0, 0.05) is 19.8 Å². The van der Waals surface area contributed by atoms with Crippen molar-refractivity contribution in [3.05, 3.63) is 0 Å². The molecule has 2 N–H and O–H groups in total. The maximum Gasteiger partial charge on any atom is 0.411 e. The summed E-state index contributed by atoms with van der Waals surface area (Å²) in [6, 6.07) is 0. The molecule has 0 heterocycles. The van der Waals surface area contributed by atoms with Gasteiger partial charge in [-0.05, 0) is 38.4 Å². The predicted octanol–water partition coefficient (Wildman–Crippen LogP) is 1.97. The first-order chi connectivity index (χ1) is 7.91. The zero-order valence-corrected chi connectivity index (χ0v) is 10.5. The van der Waals surface area contributed by atoms with Crippen LogP contribution in [0.4, 0.5) is 13.2 Å². The second-order valence-corrected chi connectivity index (χ2v) is 4.42. The van der Waals surface area contributed by atoms with Crippen molar-refractivity contribution < 1.29 is 17.9 Å². The molecule has 0 saturated heterocycles. The van der Waals surface area contributed by atoms with Crippen LogP contribution in [-0.4, -0.2) is 36.6 Å². The average Bonchev–Trinajstić information content (AvgIpc) is 2.97. The molecule has 1 aliphatic rings. The number of ether oxygens (including phenoxy) is 1. The Kier molecular flexibility index (Phi) is 5.00. The highest BCUT2D eigenvalue weighted by atomic mass is 32.1. The molecule has 7 heteroatoms. The van der Waals surface area contributed by atoms with Gasteiger partial charge in [0.05, 0.1) is 0 Å². The van der Waals surface area contributed by atoms with Gasteiger partial charge in [-0.25, -0.2) is 0 Å². The Bertz CT molecular complexity index is 267. The molecule has 1 aliphatic carbocycles. The number of nitrogens with one attached hydrogen (secondary N) is 2. The molecule has 0 aliphatic heterocycles. The fourth-order valence-corrected chi connectivity index (χ4v) is 1.68. The zero-order chi connectivity index (χ0) is 12.9. The van der Waals surface area contributed by atoms with Gasteiger partial charge in [0.15, 0.2) is 5.11 Å². The van der Waals surface area contributed by atoms with Crippen molar-refractivity contribution in [3.63, 3.8) is 0 Å². The normalized spacial score (nSPS) is 17.6. The fourth-order valence-electron chi connectivity index (χ4n) is 1.39. The molecular formula is C10H17F3N2OS. The van der Waals surface area contributed by atoms with E-state index in [-0.39, 0.29) is 18.0 Å². The van der Waals surface area contributed by atoms with Crippen LogP contribution in [-0.2, 0) is 4.74 Å². The predicted molar refractivity (Wildman–Crippen MR) is 62.9 cm³/mol. The van der Waals surface area contributed by atoms with Crippen molar-refractivity contribution in [1.29, 1.82) is 0 Å². The lowest BCUT2D eigenvalue weighted by atomic mass is 10.3. The van der Waals surface area contributed by atoms with Crippen LogP contribution in [0.15, 0.2) is 0 Å². The Morgan fingerprint density at radius 3 is 2.53 bits per heavy atom. The van der Waals surface area contributed by atoms with E-state index in [4.69, 9.17) is 17.0 Å². The molecule has 1 saturated carbocycles. The molecule has 100 valence electrons. The van der Waals surface area contributed by atoms with Gasteiger partial charge in [-0.15, -0.1) is 0 Å². The SMILES string of the molecule is CCOCCCNC(=S)NC1(C(F)(F)F)CC1. The van der Waals surface area contributed by atoms with Gasteiger partial charge in [0.1, 0.15) is 5.54 Å². The lowest BCUT2D eigenvalue weighted by Crippen LogP contribution is -2.51. The van der Waals surface area contributed by atoms with Crippen molar-refractivity contribution in [2.45, 2.75) is 37.9 Å². The lowest BCUT2D eigenvalue weighted by Gasteiger charge is -2.22. The quantitative estimate of drug-likeness (QED) is 0.571. The highest BCUT2D eigenvalue weighted by Gasteiger charge is 2.63. The van der Waals surface area contributed by atoms with Crippen molar-refractivity contribution >= 4 is 17.3 Å². The fraction of sp³-hybridized carbons (Fsp3) is 0.900. The largest absolute Gasteiger partial charge is 0.411 e. The summed E-state index contributed by atoms with van der Waals surface area (Å²) < 4.78 is 42.8. The highest BCUT2D eigenvalue weighted by Crippen LogP contribution is 2.48. The summed E-state index contributed by atoms with van der Waals surface area (Å²) >= 11 is 4.83. The Morgan fingerprint density at radius 2 is 2.06 bits per heavy atom. The van der Waals surface area contributed by atoms with Crippen LogP contribution in [0.25, 0.3) is 0 Å². The van der Waals surface area contributed by atoms with E-state index in [2.05, 4.69) is 10.6 Å². The molecule has 0 amide bonds. The minimum Gasteiger partial charge on any atom is -0.382 e. The molecule has 0 bridgehead atoms. The molecule has 0 atom stereocenters. The molecule has 0 spiro atoms. The second kappa shape index (κ2) is 5.86. The number of hydrogen-bond donors (Lipinski definition) is 2. The molecule has 0 aromatic heterocycles. The van der Waals surface area contributed by atoms with Gasteiger partial charge >= 0.3 is 6.18 Å². The second-order valence-electron chi connectivity index (χ2n) is 4.01. The van der Waals surface area contributed by atoms with Crippen LogP contribution in [0.3, 0.4) is 0 Å². The third-order valence-corrected chi connectivity index (χ3v) is 2.85. The maximum atomic E-state index is 12.6. The smallest absolute Gasteiger partial charge is 0.382 e. The minimum atomic E-state index is -4.23. The Hall–Kier alpha value is -0.560. The molecule has 1 fully saturated rings. The van der Waals surface area contributed by atoms with E-state index in [9.17, 15) is 13.2 Å². The number of hydrogen-bond acceptors (Lipinski definition) is 2. The topological polar surface area (TPSA) is 33.3 Å². The van der Waals surface area contributed by atoms with Crippen LogP contribution in [0.2, 0.25) is 0 Å². The highest BCUT2D eigenvalue weighted by molar-refractivity contribution is 7.80. The first kappa shape index (κ1) is 14.5. The van der Waals surface area contributed by atoms with Gasteiger partial charge < -0.3 is 15.4 Å². The van der Waals surface area contributed by atoms with E-state index in [0.717, 1.165) is 0 Å². The van der Waals surface area contributed by atoms with Crippen LogP contribution >= 0.6 is 12.2 Å². The van der Waals surface area contributed by atoms with Gasteiger partial charge in [0.2, 0.25) is 0 Å². The van der Waals surface area contributed by atoms with Crippen LogP contribution in [0.5, 0.6) is 0 Å². The van der Waals surface area contributed by atoms with Crippen molar-refractivity contribution in [1.82, 2.24) is 10.6 Å². The zero-order valence-electron chi connectivity index (χ0n) is 9.69.